The Hall–Kier alpha value is -1.02. The van der Waals surface area contributed by atoms with E-state index in [2.05, 4.69) is 44.0 Å². The number of hydrogen-bond acceptors (Lipinski definition) is 2. The van der Waals surface area contributed by atoms with Crippen molar-refractivity contribution in [2.75, 3.05) is 18.5 Å². The first-order valence-corrected chi connectivity index (χ1v) is 5.05. The van der Waals surface area contributed by atoms with Gasteiger partial charge in [-0.25, -0.2) is 0 Å². The Balaban J connectivity index is 2.89. The lowest BCUT2D eigenvalue weighted by Gasteiger charge is -2.24. The van der Waals surface area contributed by atoms with Crippen LogP contribution in [0.2, 0.25) is 0 Å². The maximum atomic E-state index is 5.78. The predicted molar refractivity (Wildman–Crippen MR) is 62.8 cm³/mol. The Morgan fingerprint density at radius 3 is 2.57 bits per heavy atom. The third-order valence-corrected chi connectivity index (χ3v) is 2.55. The second kappa shape index (κ2) is 4.47. The number of benzene rings is 1. The SMILES string of the molecule is Cc1cccc(N(C)CC(C)N)c1C. The monoisotopic (exact) mass is 192 g/mol. The fourth-order valence-corrected chi connectivity index (χ4v) is 1.68. The quantitative estimate of drug-likeness (QED) is 0.794. The van der Waals surface area contributed by atoms with Gasteiger partial charge in [-0.15, -0.1) is 0 Å². The summed E-state index contributed by atoms with van der Waals surface area (Å²) in [5.74, 6) is 0. The molecule has 0 radical (unpaired) electrons. The summed E-state index contributed by atoms with van der Waals surface area (Å²) in [6.07, 6.45) is 0. The molecule has 0 fully saturated rings. The molecule has 0 aromatic heterocycles. The molecule has 1 aromatic carbocycles. The van der Waals surface area contributed by atoms with Gasteiger partial charge in [-0.05, 0) is 38.0 Å². The van der Waals surface area contributed by atoms with Gasteiger partial charge in [-0.2, -0.15) is 0 Å². The highest BCUT2D eigenvalue weighted by Gasteiger charge is 2.07. The number of nitrogens with two attached hydrogens (primary N) is 1. The van der Waals surface area contributed by atoms with E-state index in [0.717, 1.165) is 6.54 Å². The van der Waals surface area contributed by atoms with Crippen molar-refractivity contribution in [3.8, 4) is 0 Å². The van der Waals surface area contributed by atoms with Crippen LogP contribution in [0.1, 0.15) is 18.1 Å². The summed E-state index contributed by atoms with van der Waals surface area (Å²) in [4.78, 5) is 2.22. The third kappa shape index (κ3) is 2.48. The molecule has 1 rings (SSSR count). The molecule has 0 aliphatic heterocycles. The smallest absolute Gasteiger partial charge is 0.0396 e. The van der Waals surface area contributed by atoms with Gasteiger partial charge < -0.3 is 10.6 Å². The zero-order valence-corrected chi connectivity index (χ0v) is 9.54. The van der Waals surface area contributed by atoms with Crippen LogP contribution in [0.25, 0.3) is 0 Å². The van der Waals surface area contributed by atoms with Crippen LogP contribution >= 0.6 is 0 Å². The van der Waals surface area contributed by atoms with Crippen molar-refractivity contribution >= 4 is 5.69 Å². The Morgan fingerprint density at radius 1 is 1.36 bits per heavy atom. The summed E-state index contributed by atoms with van der Waals surface area (Å²) in [5, 5.41) is 0. The average molecular weight is 192 g/mol. The van der Waals surface area contributed by atoms with Crippen LogP contribution in [0.3, 0.4) is 0 Å². The lowest BCUT2D eigenvalue weighted by molar-refractivity contribution is 0.716. The zero-order chi connectivity index (χ0) is 10.7. The molecule has 0 saturated heterocycles. The maximum Gasteiger partial charge on any atom is 0.0396 e. The zero-order valence-electron chi connectivity index (χ0n) is 9.54. The van der Waals surface area contributed by atoms with E-state index in [0.29, 0.717) is 0 Å². The Bertz CT molecular complexity index is 305. The molecule has 0 spiro atoms. The van der Waals surface area contributed by atoms with Crippen molar-refractivity contribution < 1.29 is 0 Å². The van der Waals surface area contributed by atoms with E-state index in [4.69, 9.17) is 5.73 Å². The van der Waals surface area contributed by atoms with Crippen molar-refractivity contribution in [1.29, 1.82) is 0 Å². The van der Waals surface area contributed by atoms with Gasteiger partial charge in [0.2, 0.25) is 0 Å². The summed E-state index contributed by atoms with van der Waals surface area (Å²) in [7, 11) is 2.09. The minimum Gasteiger partial charge on any atom is -0.373 e. The molecule has 0 bridgehead atoms. The summed E-state index contributed by atoms with van der Waals surface area (Å²) >= 11 is 0. The molecule has 2 heteroatoms. The number of rotatable bonds is 3. The number of hydrogen-bond donors (Lipinski definition) is 1. The molecule has 0 aliphatic rings. The van der Waals surface area contributed by atoms with Crippen LogP contribution in [0.5, 0.6) is 0 Å². The van der Waals surface area contributed by atoms with E-state index in [-0.39, 0.29) is 6.04 Å². The van der Waals surface area contributed by atoms with E-state index < -0.39 is 0 Å². The summed E-state index contributed by atoms with van der Waals surface area (Å²) < 4.78 is 0. The molecule has 0 saturated carbocycles. The van der Waals surface area contributed by atoms with Gasteiger partial charge >= 0.3 is 0 Å². The summed E-state index contributed by atoms with van der Waals surface area (Å²) in [5.41, 5.74) is 9.73. The summed E-state index contributed by atoms with van der Waals surface area (Å²) in [6.45, 7) is 7.22. The minimum absolute atomic E-state index is 0.208. The number of likely N-dealkylation sites (N-methyl/N-ethyl adjacent to an activating group) is 1. The van der Waals surface area contributed by atoms with E-state index >= 15 is 0 Å². The largest absolute Gasteiger partial charge is 0.373 e. The van der Waals surface area contributed by atoms with Gasteiger partial charge in [0.05, 0.1) is 0 Å². The van der Waals surface area contributed by atoms with Crippen molar-refractivity contribution in [2.45, 2.75) is 26.8 Å². The Labute approximate surface area is 86.7 Å². The Morgan fingerprint density at radius 2 is 2.00 bits per heavy atom. The molecule has 1 unspecified atom stereocenters. The van der Waals surface area contributed by atoms with Gasteiger partial charge in [-0.1, -0.05) is 12.1 Å². The van der Waals surface area contributed by atoms with E-state index in [1.54, 1.807) is 0 Å². The van der Waals surface area contributed by atoms with Gasteiger partial charge in [0.25, 0.3) is 0 Å². The topological polar surface area (TPSA) is 29.3 Å². The second-order valence-corrected chi connectivity index (χ2v) is 4.08. The van der Waals surface area contributed by atoms with Gasteiger partial charge in [0.15, 0.2) is 0 Å². The molecule has 1 aromatic rings. The molecule has 1 atom stereocenters. The predicted octanol–water partition coefficient (Wildman–Crippen LogP) is 2.09. The molecular weight excluding hydrogens is 172 g/mol. The normalized spacial score (nSPS) is 12.6. The van der Waals surface area contributed by atoms with Gasteiger partial charge in [0.1, 0.15) is 0 Å². The van der Waals surface area contributed by atoms with E-state index in [1.807, 2.05) is 6.92 Å². The molecule has 2 N–H and O–H groups in total. The molecular formula is C12H20N2. The van der Waals surface area contributed by atoms with E-state index in [9.17, 15) is 0 Å². The second-order valence-electron chi connectivity index (χ2n) is 4.08. The first-order chi connectivity index (χ1) is 6.52. The Kier molecular flexibility index (Phi) is 3.53. The number of aryl methyl sites for hydroxylation is 1. The van der Waals surface area contributed by atoms with Crippen molar-refractivity contribution in [3.05, 3.63) is 29.3 Å². The van der Waals surface area contributed by atoms with Crippen LogP contribution in [0, 0.1) is 13.8 Å². The highest BCUT2D eigenvalue weighted by Crippen LogP contribution is 2.21. The van der Waals surface area contributed by atoms with Crippen LogP contribution < -0.4 is 10.6 Å². The third-order valence-electron chi connectivity index (χ3n) is 2.55. The molecule has 0 aliphatic carbocycles. The fraction of sp³-hybridized carbons (Fsp3) is 0.500. The first-order valence-electron chi connectivity index (χ1n) is 5.05. The highest BCUT2D eigenvalue weighted by molar-refractivity contribution is 5.55. The van der Waals surface area contributed by atoms with Crippen LogP contribution in [-0.2, 0) is 0 Å². The van der Waals surface area contributed by atoms with Crippen molar-refractivity contribution in [1.82, 2.24) is 0 Å². The van der Waals surface area contributed by atoms with Crippen molar-refractivity contribution in [2.24, 2.45) is 5.73 Å². The lowest BCUT2D eigenvalue weighted by atomic mass is 10.1. The fourth-order valence-electron chi connectivity index (χ4n) is 1.68. The van der Waals surface area contributed by atoms with E-state index in [1.165, 1.54) is 16.8 Å². The minimum atomic E-state index is 0.208. The van der Waals surface area contributed by atoms with Gasteiger partial charge in [-0.3, -0.25) is 0 Å². The van der Waals surface area contributed by atoms with Gasteiger partial charge in [0, 0.05) is 25.3 Å². The highest BCUT2D eigenvalue weighted by atomic mass is 15.1. The lowest BCUT2D eigenvalue weighted by Crippen LogP contribution is -2.33. The summed E-state index contributed by atoms with van der Waals surface area (Å²) in [6, 6.07) is 6.58. The molecule has 0 heterocycles. The maximum absolute atomic E-state index is 5.78. The molecule has 14 heavy (non-hydrogen) atoms. The first kappa shape index (κ1) is 11.1. The van der Waals surface area contributed by atoms with Crippen LogP contribution in [0.4, 0.5) is 5.69 Å². The molecule has 78 valence electrons. The van der Waals surface area contributed by atoms with Crippen molar-refractivity contribution in [3.63, 3.8) is 0 Å². The molecule has 2 nitrogen and oxygen atoms in total. The van der Waals surface area contributed by atoms with Crippen LogP contribution in [-0.4, -0.2) is 19.6 Å². The number of nitrogens with zero attached hydrogens (tertiary/aromatic N) is 1. The molecule has 0 amide bonds. The number of anilines is 1. The average Bonchev–Trinajstić information content (AvgIpc) is 2.08. The van der Waals surface area contributed by atoms with Crippen LogP contribution in [0.15, 0.2) is 18.2 Å². The standard InChI is InChI=1S/C12H20N2/c1-9-6-5-7-12(11(9)3)14(4)8-10(2)13/h5-7,10H,8,13H2,1-4H3.